The van der Waals surface area contributed by atoms with E-state index in [0.29, 0.717) is 5.92 Å². The highest BCUT2D eigenvalue weighted by molar-refractivity contribution is 5.24. The monoisotopic (exact) mass is 126 g/mol. The third-order valence-electron chi connectivity index (χ3n) is 1.30. The molecule has 1 heterocycles. The molecule has 1 aromatic heterocycles. The average Bonchev–Trinajstić information content (AvgIpc) is 2.13. The van der Waals surface area contributed by atoms with Crippen LogP contribution >= 0.6 is 0 Å². The van der Waals surface area contributed by atoms with E-state index in [4.69, 9.17) is 5.11 Å². The van der Waals surface area contributed by atoms with Crippen molar-refractivity contribution in [3.63, 3.8) is 0 Å². The number of rotatable bonds is 1. The van der Waals surface area contributed by atoms with Crippen LogP contribution in [0, 0.1) is 0 Å². The second-order valence-corrected chi connectivity index (χ2v) is 2.34. The maximum Gasteiger partial charge on any atom is 0.285 e. The molecule has 0 amide bonds. The Hall–Kier alpha value is -0.920. The van der Waals surface area contributed by atoms with Crippen molar-refractivity contribution in [2.45, 2.75) is 19.8 Å². The molecular formula is C7H10O2. The zero-order valence-electron chi connectivity index (χ0n) is 5.59. The van der Waals surface area contributed by atoms with E-state index in [1.807, 2.05) is 13.8 Å². The molecule has 0 saturated heterocycles. The highest BCUT2D eigenvalue weighted by atomic mass is 16.5. The van der Waals surface area contributed by atoms with Gasteiger partial charge in [0.25, 0.3) is 5.95 Å². The van der Waals surface area contributed by atoms with E-state index in [2.05, 4.69) is 4.42 Å². The van der Waals surface area contributed by atoms with Gasteiger partial charge in [0.1, 0.15) is 0 Å². The van der Waals surface area contributed by atoms with E-state index in [1.54, 1.807) is 6.07 Å². The summed E-state index contributed by atoms with van der Waals surface area (Å²) < 4.78 is 4.68. The fourth-order valence-corrected chi connectivity index (χ4v) is 0.751. The fourth-order valence-electron chi connectivity index (χ4n) is 0.751. The molecule has 0 aliphatic heterocycles. The Bertz CT molecular complexity index is 189. The molecule has 2 nitrogen and oxygen atoms in total. The lowest BCUT2D eigenvalue weighted by Gasteiger charge is -1.97. The van der Waals surface area contributed by atoms with Crippen molar-refractivity contribution in [2.75, 3.05) is 0 Å². The molecule has 0 unspecified atom stereocenters. The Morgan fingerprint density at radius 1 is 1.56 bits per heavy atom. The van der Waals surface area contributed by atoms with E-state index in [0.717, 1.165) is 5.56 Å². The second-order valence-electron chi connectivity index (χ2n) is 2.34. The maximum absolute atomic E-state index is 8.95. The highest BCUT2D eigenvalue weighted by Crippen LogP contribution is 2.25. The van der Waals surface area contributed by atoms with Crippen molar-refractivity contribution >= 4 is 0 Å². The van der Waals surface area contributed by atoms with Gasteiger partial charge in [0.05, 0.1) is 6.26 Å². The predicted octanol–water partition coefficient (Wildman–Crippen LogP) is 2.11. The van der Waals surface area contributed by atoms with Gasteiger partial charge in [-0.05, 0) is 12.0 Å². The molecule has 0 atom stereocenters. The normalized spacial score (nSPS) is 10.6. The third-order valence-corrected chi connectivity index (χ3v) is 1.30. The fraction of sp³-hybridized carbons (Fsp3) is 0.429. The molecule has 2 heteroatoms. The molecule has 0 bridgehead atoms. The van der Waals surface area contributed by atoms with Crippen LogP contribution in [-0.4, -0.2) is 5.11 Å². The standard InChI is InChI=1S/C7H10O2/c1-5(2)6-3-4-9-7(6)8/h3-5,8H,1-2H3. The van der Waals surface area contributed by atoms with Crippen LogP contribution in [0.2, 0.25) is 0 Å². The van der Waals surface area contributed by atoms with Gasteiger partial charge in [0, 0.05) is 5.56 Å². The van der Waals surface area contributed by atoms with Crippen LogP contribution in [-0.2, 0) is 0 Å². The summed E-state index contributed by atoms with van der Waals surface area (Å²) in [5.41, 5.74) is 0.870. The van der Waals surface area contributed by atoms with Crippen LogP contribution in [0.5, 0.6) is 5.95 Å². The Morgan fingerprint density at radius 3 is 2.44 bits per heavy atom. The summed E-state index contributed by atoms with van der Waals surface area (Å²) in [7, 11) is 0. The molecule has 0 aromatic carbocycles. The molecule has 0 aliphatic carbocycles. The Morgan fingerprint density at radius 2 is 2.22 bits per heavy atom. The predicted molar refractivity (Wildman–Crippen MR) is 34.5 cm³/mol. The van der Waals surface area contributed by atoms with Crippen molar-refractivity contribution in [3.8, 4) is 5.95 Å². The first-order valence-electron chi connectivity index (χ1n) is 2.98. The van der Waals surface area contributed by atoms with Crippen LogP contribution < -0.4 is 0 Å². The van der Waals surface area contributed by atoms with Gasteiger partial charge in [-0.3, -0.25) is 0 Å². The van der Waals surface area contributed by atoms with Crippen LogP contribution in [0.1, 0.15) is 25.3 Å². The Labute approximate surface area is 54.1 Å². The lowest BCUT2D eigenvalue weighted by atomic mass is 10.1. The number of hydrogen-bond donors (Lipinski definition) is 1. The molecule has 9 heavy (non-hydrogen) atoms. The first-order chi connectivity index (χ1) is 4.22. The number of furan rings is 1. The van der Waals surface area contributed by atoms with Crippen molar-refractivity contribution in [1.82, 2.24) is 0 Å². The van der Waals surface area contributed by atoms with Gasteiger partial charge in [0.15, 0.2) is 0 Å². The van der Waals surface area contributed by atoms with Gasteiger partial charge < -0.3 is 9.52 Å². The topological polar surface area (TPSA) is 33.4 Å². The zero-order chi connectivity index (χ0) is 6.85. The van der Waals surface area contributed by atoms with Gasteiger partial charge >= 0.3 is 0 Å². The molecule has 0 radical (unpaired) electrons. The summed E-state index contributed by atoms with van der Waals surface area (Å²) in [6.45, 7) is 4.01. The molecule has 0 spiro atoms. The SMILES string of the molecule is CC(C)c1ccoc1O. The van der Waals surface area contributed by atoms with E-state index in [1.165, 1.54) is 6.26 Å². The number of hydrogen-bond acceptors (Lipinski definition) is 2. The van der Waals surface area contributed by atoms with Crippen LogP contribution in [0.15, 0.2) is 16.7 Å². The van der Waals surface area contributed by atoms with Gasteiger partial charge in [-0.2, -0.15) is 0 Å². The van der Waals surface area contributed by atoms with E-state index in [-0.39, 0.29) is 5.95 Å². The van der Waals surface area contributed by atoms with E-state index in [9.17, 15) is 0 Å². The van der Waals surface area contributed by atoms with Crippen molar-refractivity contribution in [1.29, 1.82) is 0 Å². The van der Waals surface area contributed by atoms with Gasteiger partial charge in [-0.15, -0.1) is 0 Å². The Balaban J connectivity index is 2.94. The van der Waals surface area contributed by atoms with Crippen LogP contribution in [0.25, 0.3) is 0 Å². The quantitative estimate of drug-likeness (QED) is 0.625. The second kappa shape index (κ2) is 2.13. The van der Waals surface area contributed by atoms with Gasteiger partial charge in [-0.25, -0.2) is 0 Å². The lowest BCUT2D eigenvalue weighted by Crippen LogP contribution is -1.81. The van der Waals surface area contributed by atoms with Crippen LogP contribution in [0.3, 0.4) is 0 Å². The molecule has 0 fully saturated rings. The third kappa shape index (κ3) is 1.07. The smallest absolute Gasteiger partial charge is 0.285 e. The van der Waals surface area contributed by atoms with Gasteiger partial charge in [-0.1, -0.05) is 13.8 Å². The Kier molecular flexibility index (Phi) is 1.47. The molecule has 1 aromatic rings. The van der Waals surface area contributed by atoms with E-state index < -0.39 is 0 Å². The minimum Gasteiger partial charge on any atom is -0.481 e. The molecular weight excluding hydrogens is 116 g/mol. The summed E-state index contributed by atoms with van der Waals surface area (Å²) in [5, 5.41) is 8.95. The summed E-state index contributed by atoms with van der Waals surface area (Å²) >= 11 is 0. The number of aromatic hydroxyl groups is 1. The summed E-state index contributed by atoms with van der Waals surface area (Å²) in [6.07, 6.45) is 1.49. The van der Waals surface area contributed by atoms with E-state index >= 15 is 0 Å². The van der Waals surface area contributed by atoms with Crippen molar-refractivity contribution in [3.05, 3.63) is 17.9 Å². The molecule has 1 N–H and O–H groups in total. The first kappa shape index (κ1) is 6.20. The molecule has 50 valence electrons. The minimum absolute atomic E-state index is 0.0463. The summed E-state index contributed by atoms with van der Waals surface area (Å²) in [5.74, 6) is 0.383. The van der Waals surface area contributed by atoms with Crippen molar-refractivity contribution < 1.29 is 9.52 Å². The zero-order valence-corrected chi connectivity index (χ0v) is 5.59. The maximum atomic E-state index is 8.95. The van der Waals surface area contributed by atoms with Crippen LogP contribution in [0.4, 0.5) is 0 Å². The van der Waals surface area contributed by atoms with Crippen molar-refractivity contribution in [2.24, 2.45) is 0 Å². The average molecular weight is 126 g/mol. The largest absolute Gasteiger partial charge is 0.481 e. The van der Waals surface area contributed by atoms with Gasteiger partial charge in [0.2, 0.25) is 0 Å². The minimum atomic E-state index is 0.0463. The summed E-state index contributed by atoms with van der Waals surface area (Å²) in [6, 6.07) is 1.78. The highest BCUT2D eigenvalue weighted by Gasteiger charge is 2.06. The summed E-state index contributed by atoms with van der Waals surface area (Å²) in [4.78, 5) is 0. The molecule has 1 rings (SSSR count). The first-order valence-corrected chi connectivity index (χ1v) is 2.98. The lowest BCUT2D eigenvalue weighted by molar-refractivity contribution is 0.326. The molecule has 0 saturated carbocycles. The molecule has 0 aliphatic rings.